The molecule has 1 aromatic heterocycles. The lowest BCUT2D eigenvalue weighted by molar-refractivity contribution is -0.274. The zero-order chi connectivity index (χ0) is 24.7. The van der Waals surface area contributed by atoms with Crippen LogP contribution in [0.4, 0.5) is 17.6 Å². The van der Waals surface area contributed by atoms with Crippen molar-refractivity contribution >= 4 is 22.8 Å². The Balaban J connectivity index is 2.22. The van der Waals surface area contributed by atoms with Crippen molar-refractivity contribution in [2.75, 3.05) is 0 Å². The van der Waals surface area contributed by atoms with E-state index < -0.39 is 47.4 Å². The van der Waals surface area contributed by atoms with Crippen molar-refractivity contribution in [1.29, 1.82) is 0 Å². The second-order valence-electron chi connectivity index (χ2n) is 7.71. The molecule has 0 bridgehead atoms. The van der Waals surface area contributed by atoms with Gasteiger partial charge in [-0.1, -0.05) is 20.3 Å². The maximum Gasteiger partial charge on any atom is 0.573 e. The Labute approximate surface area is 186 Å². The number of carboxylic acids is 1. The van der Waals surface area contributed by atoms with Gasteiger partial charge in [-0.05, 0) is 54.8 Å². The molecular weight excluding hydrogens is 446 g/mol. The summed E-state index contributed by atoms with van der Waals surface area (Å²) in [6.07, 6.45) is -4.44. The van der Waals surface area contributed by atoms with E-state index in [2.05, 4.69) is 4.74 Å². The van der Waals surface area contributed by atoms with Gasteiger partial charge in [0.15, 0.2) is 11.6 Å². The quantitative estimate of drug-likeness (QED) is 0.461. The molecule has 10 heteroatoms. The van der Waals surface area contributed by atoms with Crippen LogP contribution < -0.4 is 4.74 Å². The molecule has 0 fully saturated rings. The largest absolute Gasteiger partial charge is 0.573 e. The number of halogens is 4. The van der Waals surface area contributed by atoms with Gasteiger partial charge in [0.25, 0.3) is 5.91 Å². The van der Waals surface area contributed by atoms with Gasteiger partial charge in [0.1, 0.15) is 5.75 Å². The van der Waals surface area contributed by atoms with Crippen molar-refractivity contribution in [2.24, 2.45) is 5.92 Å². The monoisotopic (exact) mass is 467 g/mol. The van der Waals surface area contributed by atoms with Gasteiger partial charge in [0.2, 0.25) is 0 Å². The second kappa shape index (κ2) is 8.76. The minimum Gasteiger partial charge on any atom is -0.505 e. The third-order valence-corrected chi connectivity index (χ3v) is 5.66. The average Bonchev–Trinajstić information content (AvgIpc) is 3.02. The van der Waals surface area contributed by atoms with Crippen LogP contribution in [0.2, 0.25) is 0 Å². The number of nitrogens with zero attached hydrogens (tertiary/aromatic N) is 1. The minimum atomic E-state index is -4.89. The first-order valence-electron chi connectivity index (χ1n) is 10.0. The molecule has 0 amide bonds. The van der Waals surface area contributed by atoms with E-state index in [0.29, 0.717) is 6.42 Å². The zero-order valence-electron chi connectivity index (χ0n) is 17.9. The fourth-order valence-electron chi connectivity index (χ4n) is 3.94. The predicted octanol–water partition coefficient (Wildman–Crippen LogP) is 5.60. The van der Waals surface area contributed by atoms with E-state index in [4.69, 9.17) is 0 Å². The number of ether oxygens (including phenoxy) is 1. The first-order chi connectivity index (χ1) is 15.4. The minimum absolute atomic E-state index is 0.0278. The Hall–Kier alpha value is -3.56. The van der Waals surface area contributed by atoms with Gasteiger partial charge in [-0.15, -0.1) is 13.2 Å². The summed E-state index contributed by atoms with van der Waals surface area (Å²) in [7, 11) is 0. The fraction of sp³-hybridized carbons (Fsp3) is 0.304. The van der Waals surface area contributed by atoms with Crippen LogP contribution in [0, 0.1) is 18.7 Å². The van der Waals surface area contributed by atoms with Crippen LogP contribution in [0.25, 0.3) is 10.9 Å². The van der Waals surface area contributed by atoms with Crippen molar-refractivity contribution in [3.8, 4) is 11.5 Å². The molecule has 1 heterocycles. The zero-order valence-corrected chi connectivity index (χ0v) is 17.9. The number of phenolic OH excluding ortho intramolecular Hbond substituents is 1. The molecule has 0 aliphatic carbocycles. The summed E-state index contributed by atoms with van der Waals surface area (Å²) in [4.78, 5) is 25.4. The summed E-state index contributed by atoms with van der Waals surface area (Å²) < 4.78 is 57.1. The smallest absolute Gasteiger partial charge is 0.505 e. The summed E-state index contributed by atoms with van der Waals surface area (Å²) in [5, 5.41) is 19.6. The van der Waals surface area contributed by atoms with E-state index in [9.17, 15) is 33.0 Å². The molecule has 2 N–H and O–H groups in total. The number of alkyl halides is 3. The van der Waals surface area contributed by atoms with E-state index in [0.717, 1.165) is 34.9 Å². The van der Waals surface area contributed by atoms with Crippen LogP contribution >= 0.6 is 0 Å². The van der Waals surface area contributed by atoms with Crippen LogP contribution in [0.1, 0.15) is 47.8 Å². The molecule has 0 aliphatic rings. The maximum absolute atomic E-state index is 15.0. The maximum atomic E-state index is 15.0. The van der Waals surface area contributed by atoms with Crippen LogP contribution in [-0.2, 0) is 4.79 Å². The normalized spacial score (nSPS) is 13.7. The number of benzene rings is 2. The predicted molar refractivity (Wildman–Crippen MR) is 111 cm³/mol. The number of hydrogen-bond donors (Lipinski definition) is 2. The van der Waals surface area contributed by atoms with E-state index in [1.807, 2.05) is 0 Å². The first kappa shape index (κ1) is 24.1. The number of aliphatic carboxylic acids is 1. The molecule has 2 aromatic carbocycles. The molecule has 0 saturated carbocycles. The summed E-state index contributed by atoms with van der Waals surface area (Å²) in [6.45, 7) is 4.92. The van der Waals surface area contributed by atoms with Crippen molar-refractivity contribution in [3.05, 3.63) is 59.0 Å². The molecule has 3 aromatic rings. The molecule has 33 heavy (non-hydrogen) atoms. The number of carbonyl (C=O) groups is 2. The van der Waals surface area contributed by atoms with Crippen molar-refractivity contribution in [1.82, 2.24) is 4.57 Å². The number of carboxylic acid groups (broad SMARTS) is 1. The molecule has 0 aliphatic heterocycles. The number of phenols is 1. The van der Waals surface area contributed by atoms with Gasteiger partial charge in [0, 0.05) is 16.6 Å². The van der Waals surface area contributed by atoms with Gasteiger partial charge in [-0.25, -0.2) is 4.39 Å². The average molecular weight is 467 g/mol. The third-order valence-electron chi connectivity index (χ3n) is 5.66. The van der Waals surface area contributed by atoms with Gasteiger partial charge in [-0.3, -0.25) is 14.2 Å². The van der Waals surface area contributed by atoms with Gasteiger partial charge in [0.05, 0.1) is 11.4 Å². The van der Waals surface area contributed by atoms with E-state index in [-0.39, 0.29) is 27.7 Å². The number of hydrogen-bond acceptors (Lipinski definition) is 4. The van der Waals surface area contributed by atoms with Crippen LogP contribution in [0.15, 0.2) is 36.4 Å². The highest BCUT2D eigenvalue weighted by molar-refractivity contribution is 6.05. The Morgan fingerprint density at radius 3 is 2.24 bits per heavy atom. The van der Waals surface area contributed by atoms with Crippen LogP contribution in [0.3, 0.4) is 0 Å². The highest BCUT2D eigenvalue weighted by atomic mass is 19.4. The highest BCUT2D eigenvalue weighted by Gasteiger charge is 2.35. The van der Waals surface area contributed by atoms with E-state index >= 15 is 4.39 Å². The standard InChI is InChI=1S/C23H21F4NO5/c1-4-11(2)17(22(31)32)18-12(3)28(15-9-10-16(29)20(24)19(15)18)21(30)13-5-7-14(8-6-13)33-23(25,26)27/h5-11,17,29H,4H2,1-3H3,(H,31,32)/t11-,17?/m0/s1. The number of aromatic hydroxyl groups is 1. The molecule has 0 radical (unpaired) electrons. The summed E-state index contributed by atoms with van der Waals surface area (Å²) in [5.74, 6) is -5.78. The molecule has 0 spiro atoms. The van der Waals surface area contributed by atoms with Gasteiger partial charge >= 0.3 is 12.3 Å². The molecule has 2 atom stereocenters. The lowest BCUT2D eigenvalue weighted by Crippen LogP contribution is -2.21. The topological polar surface area (TPSA) is 88.8 Å². The summed E-state index contributed by atoms with van der Waals surface area (Å²) in [5.41, 5.74) is 0.224. The van der Waals surface area contributed by atoms with E-state index in [1.54, 1.807) is 13.8 Å². The summed E-state index contributed by atoms with van der Waals surface area (Å²) in [6, 6.07) is 6.51. The molecular formula is C23H21F4NO5. The van der Waals surface area contributed by atoms with Crippen molar-refractivity contribution in [3.63, 3.8) is 0 Å². The number of rotatable bonds is 6. The number of aromatic nitrogens is 1. The first-order valence-corrected chi connectivity index (χ1v) is 10.0. The summed E-state index contributed by atoms with van der Waals surface area (Å²) >= 11 is 0. The lowest BCUT2D eigenvalue weighted by atomic mass is 9.84. The Kier molecular flexibility index (Phi) is 6.40. The second-order valence-corrected chi connectivity index (χ2v) is 7.71. The van der Waals surface area contributed by atoms with Crippen molar-refractivity contribution in [2.45, 2.75) is 39.5 Å². The van der Waals surface area contributed by atoms with Crippen LogP contribution in [-0.4, -0.2) is 33.0 Å². The van der Waals surface area contributed by atoms with Gasteiger partial charge < -0.3 is 14.9 Å². The molecule has 3 rings (SSSR count). The third kappa shape index (κ3) is 4.50. The Bertz CT molecular complexity index is 1210. The van der Waals surface area contributed by atoms with Gasteiger partial charge in [-0.2, -0.15) is 0 Å². The lowest BCUT2D eigenvalue weighted by Gasteiger charge is -2.20. The molecule has 0 saturated heterocycles. The number of carbonyl (C=O) groups excluding carboxylic acids is 1. The molecule has 176 valence electrons. The Morgan fingerprint density at radius 1 is 1.12 bits per heavy atom. The van der Waals surface area contributed by atoms with E-state index in [1.165, 1.54) is 13.0 Å². The highest BCUT2D eigenvalue weighted by Crippen LogP contribution is 2.40. The van der Waals surface area contributed by atoms with Crippen LogP contribution in [0.5, 0.6) is 11.5 Å². The Morgan fingerprint density at radius 2 is 1.73 bits per heavy atom. The fourth-order valence-corrected chi connectivity index (χ4v) is 3.94. The number of fused-ring (bicyclic) bond motifs is 1. The SMILES string of the molecule is CC[C@H](C)C(C(=O)O)c1c(C)n(C(=O)c2ccc(OC(F)(F)F)cc2)c2ccc(O)c(F)c12. The molecule has 6 nitrogen and oxygen atoms in total. The molecule has 1 unspecified atom stereocenters. The van der Waals surface area contributed by atoms with Crippen molar-refractivity contribution < 1.29 is 42.1 Å².